The zero-order valence-corrected chi connectivity index (χ0v) is 23.4. The molecule has 1 aliphatic rings. The molecule has 1 aliphatic heterocycles. The molecule has 0 fully saturated rings. The fourth-order valence-electron chi connectivity index (χ4n) is 4.81. The molecule has 0 atom stereocenters. The van der Waals surface area contributed by atoms with Gasteiger partial charge in [-0.25, -0.2) is 0 Å². The molecule has 1 heterocycles. The quantitative estimate of drug-likeness (QED) is 0.182. The van der Waals surface area contributed by atoms with Gasteiger partial charge >= 0.3 is 204 Å². The van der Waals surface area contributed by atoms with Crippen LogP contribution < -0.4 is 4.74 Å². The number of nitrogens with zero attached hydrogens (tertiary/aromatic N) is 1. The summed E-state index contributed by atoms with van der Waals surface area (Å²) in [7, 11) is 0. The molecule has 178 valence electrons. The number of para-hydroxylation sites is 1. The van der Waals surface area contributed by atoms with Gasteiger partial charge in [0.25, 0.3) is 0 Å². The van der Waals surface area contributed by atoms with Crippen LogP contribution in [0.3, 0.4) is 0 Å². The molecular weight excluding hydrogens is 517 g/mol. The first-order chi connectivity index (χ1) is 16.0. The van der Waals surface area contributed by atoms with E-state index >= 15 is 0 Å². The summed E-state index contributed by atoms with van der Waals surface area (Å²) >= 11 is -2.45. The molecule has 0 aliphatic carbocycles. The molecule has 0 N–H and O–H groups in total. The average molecular weight is 556 g/mol. The van der Waals surface area contributed by atoms with Gasteiger partial charge in [0.2, 0.25) is 0 Å². The van der Waals surface area contributed by atoms with Crippen molar-refractivity contribution in [1.82, 2.24) is 4.90 Å². The molecule has 2 aromatic rings. The van der Waals surface area contributed by atoms with Crippen LogP contribution in [0.15, 0.2) is 48.5 Å². The van der Waals surface area contributed by atoms with E-state index in [1.807, 2.05) is 24.3 Å². The van der Waals surface area contributed by atoms with Crippen molar-refractivity contribution in [2.75, 3.05) is 4.62 Å². The molecule has 2 amide bonds. The summed E-state index contributed by atoms with van der Waals surface area (Å²) in [5.41, 5.74) is 1.90. The molecule has 5 heteroatoms. The Morgan fingerprint density at radius 3 is 1.73 bits per heavy atom. The predicted molar refractivity (Wildman–Crippen MR) is 137 cm³/mol. The number of fused-ring (bicyclic) bond motifs is 1. The van der Waals surface area contributed by atoms with Crippen molar-refractivity contribution in [3.05, 3.63) is 65.2 Å². The van der Waals surface area contributed by atoms with Crippen molar-refractivity contribution in [3.8, 4) is 5.75 Å². The number of rotatable bonds is 14. The molecule has 0 radical (unpaired) electrons. The summed E-state index contributed by atoms with van der Waals surface area (Å²) in [5.74, 6) is 0.403. The van der Waals surface area contributed by atoms with E-state index in [0.717, 1.165) is 15.9 Å². The number of carbonyl (C=O) groups excluding carboxylic acids is 2. The Morgan fingerprint density at radius 1 is 0.727 bits per heavy atom. The van der Waals surface area contributed by atoms with Crippen molar-refractivity contribution in [2.45, 2.75) is 79.2 Å². The third kappa shape index (κ3) is 6.40. The Bertz CT molecular complexity index is 885. The second-order valence-electron chi connectivity index (χ2n) is 9.45. The van der Waals surface area contributed by atoms with E-state index in [9.17, 15) is 9.59 Å². The predicted octanol–water partition coefficient (Wildman–Crippen LogP) is 7.25. The molecule has 2 aromatic carbocycles. The minimum absolute atomic E-state index is 0.215. The molecule has 0 saturated carbocycles. The summed E-state index contributed by atoms with van der Waals surface area (Å²) < 4.78 is 11.7. The minimum atomic E-state index is -2.45. The molecular formula is C28H39NO3Sn. The van der Waals surface area contributed by atoms with Crippen LogP contribution in [0.4, 0.5) is 0 Å². The first kappa shape index (κ1) is 25.8. The number of imide groups is 1. The van der Waals surface area contributed by atoms with Crippen LogP contribution in [-0.4, -0.2) is 39.7 Å². The molecule has 0 saturated heterocycles. The van der Waals surface area contributed by atoms with E-state index in [0.29, 0.717) is 11.1 Å². The normalized spacial score (nSPS) is 13.5. The van der Waals surface area contributed by atoms with Gasteiger partial charge < -0.3 is 0 Å². The van der Waals surface area contributed by atoms with Crippen LogP contribution in [0.5, 0.6) is 5.75 Å². The van der Waals surface area contributed by atoms with Crippen LogP contribution in [0.25, 0.3) is 0 Å². The molecule has 0 spiro atoms. The van der Waals surface area contributed by atoms with Crippen LogP contribution in [-0.2, 0) is 6.54 Å². The molecule has 4 nitrogen and oxygen atoms in total. The maximum atomic E-state index is 12.9. The van der Waals surface area contributed by atoms with Crippen LogP contribution >= 0.6 is 0 Å². The summed E-state index contributed by atoms with van der Waals surface area (Å²) in [5, 5.41) is 0. The monoisotopic (exact) mass is 557 g/mol. The first-order valence-corrected chi connectivity index (χ1v) is 20.8. The fraction of sp³-hybridized carbons (Fsp3) is 0.500. The molecule has 0 aromatic heterocycles. The van der Waals surface area contributed by atoms with E-state index < -0.39 is 18.4 Å². The van der Waals surface area contributed by atoms with Crippen LogP contribution in [0.2, 0.25) is 13.3 Å². The Kier molecular flexibility index (Phi) is 9.84. The van der Waals surface area contributed by atoms with Crippen LogP contribution in [0, 0.1) is 0 Å². The van der Waals surface area contributed by atoms with E-state index in [-0.39, 0.29) is 18.4 Å². The van der Waals surface area contributed by atoms with Crippen molar-refractivity contribution in [2.24, 2.45) is 0 Å². The van der Waals surface area contributed by atoms with Crippen molar-refractivity contribution < 1.29 is 14.3 Å². The second kappa shape index (κ2) is 12.6. The maximum absolute atomic E-state index is 12.9. The third-order valence-electron chi connectivity index (χ3n) is 6.90. The van der Waals surface area contributed by atoms with Crippen molar-refractivity contribution in [1.29, 1.82) is 0 Å². The Morgan fingerprint density at radius 2 is 1.21 bits per heavy atom. The van der Waals surface area contributed by atoms with Crippen LogP contribution in [0.1, 0.15) is 85.6 Å². The summed E-state index contributed by atoms with van der Waals surface area (Å²) in [6.45, 7) is 7.11. The van der Waals surface area contributed by atoms with Crippen molar-refractivity contribution >= 4 is 30.2 Å². The van der Waals surface area contributed by atoms with Gasteiger partial charge in [-0.1, -0.05) is 0 Å². The average Bonchev–Trinajstić information content (AvgIpc) is 3.09. The van der Waals surface area contributed by atoms with Gasteiger partial charge in [-0.2, -0.15) is 0 Å². The number of unbranched alkanes of at least 4 members (excludes halogenated alkanes) is 3. The first-order valence-electron chi connectivity index (χ1n) is 12.7. The molecule has 33 heavy (non-hydrogen) atoms. The van der Waals surface area contributed by atoms with E-state index in [1.54, 1.807) is 24.3 Å². The van der Waals surface area contributed by atoms with Gasteiger partial charge in [0.15, 0.2) is 0 Å². The van der Waals surface area contributed by atoms with Crippen molar-refractivity contribution in [3.63, 3.8) is 0 Å². The van der Waals surface area contributed by atoms with Gasteiger partial charge in [-0.15, -0.1) is 0 Å². The number of ether oxygens (including phenoxy) is 1. The topological polar surface area (TPSA) is 46.6 Å². The summed E-state index contributed by atoms with van der Waals surface area (Å²) in [6.07, 6.45) is 7.66. The van der Waals surface area contributed by atoms with Gasteiger partial charge in [0.1, 0.15) is 0 Å². The van der Waals surface area contributed by atoms with E-state index in [1.165, 1.54) is 56.7 Å². The zero-order valence-electron chi connectivity index (χ0n) is 20.6. The number of amides is 2. The molecule has 3 rings (SSSR count). The summed E-state index contributed by atoms with van der Waals surface area (Å²) in [6, 6.07) is 15.0. The van der Waals surface area contributed by atoms with Gasteiger partial charge in [0, 0.05) is 0 Å². The molecule has 0 bridgehead atoms. The van der Waals surface area contributed by atoms with Gasteiger partial charge in [0.05, 0.1) is 0 Å². The van der Waals surface area contributed by atoms with E-state index in [2.05, 4.69) is 20.8 Å². The number of carbonyl (C=O) groups is 2. The number of benzene rings is 2. The zero-order chi connectivity index (χ0) is 23.7. The standard InChI is InChI=1S/C16H12NO3.3C4H9.Sn/c1-20-14-9-5-2-6-11(14)10-17-15(18)12-7-3-4-8-13(12)16(17)19;3*1-3-4-2;/h2-9H,1,10H2;3*1,3-4H2,2H3;. The third-order valence-corrected chi connectivity index (χ3v) is 21.2. The van der Waals surface area contributed by atoms with E-state index in [4.69, 9.17) is 4.74 Å². The Hall–Kier alpha value is -1.82. The SMILES string of the molecule is CCC[CH2][Sn]([CH2]CCC)([CH2]CCC)[CH2]Oc1ccccc1CN1C(=O)c2ccccc2C1=O. The van der Waals surface area contributed by atoms with Gasteiger partial charge in [-0.3, -0.25) is 0 Å². The Labute approximate surface area is 203 Å². The fourth-order valence-corrected chi connectivity index (χ4v) is 18.9. The Balaban J connectivity index is 1.77. The second-order valence-corrected chi connectivity index (χ2v) is 23.1. The number of hydrogen-bond donors (Lipinski definition) is 0. The number of hydrogen-bond acceptors (Lipinski definition) is 3. The van der Waals surface area contributed by atoms with Gasteiger partial charge in [-0.05, 0) is 0 Å². The summed E-state index contributed by atoms with van der Waals surface area (Å²) in [4.78, 5) is 27.1. The molecule has 0 unspecified atom stereocenters.